The van der Waals surface area contributed by atoms with Crippen molar-refractivity contribution >= 4 is 0 Å². The van der Waals surface area contributed by atoms with E-state index in [-0.39, 0.29) is 6.10 Å². The molecule has 1 saturated carbocycles. The molecule has 0 spiro atoms. The van der Waals surface area contributed by atoms with Crippen LogP contribution in [0.4, 0.5) is 0 Å². The van der Waals surface area contributed by atoms with Crippen molar-refractivity contribution in [3.8, 4) is 0 Å². The summed E-state index contributed by atoms with van der Waals surface area (Å²) in [4.78, 5) is 4.88. The van der Waals surface area contributed by atoms with Gasteiger partial charge < -0.3 is 10.0 Å². The third-order valence-electron chi connectivity index (χ3n) is 4.33. The maximum absolute atomic E-state index is 10.2. The number of aliphatic hydroxyl groups excluding tert-OH is 1. The first-order valence-electron chi connectivity index (χ1n) is 6.59. The molecule has 1 aliphatic heterocycles. The average molecular weight is 226 g/mol. The zero-order valence-corrected chi connectivity index (χ0v) is 10.9. The summed E-state index contributed by atoms with van der Waals surface area (Å²) in [7, 11) is 2.18. The van der Waals surface area contributed by atoms with E-state index in [1.165, 1.54) is 6.42 Å². The fraction of sp³-hybridized carbons (Fsp3) is 1.00. The highest BCUT2D eigenvalue weighted by Gasteiger charge is 2.37. The Bertz CT molecular complexity index is 234. The Labute approximate surface area is 99.4 Å². The number of hydrogen-bond donors (Lipinski definition) is 1. The molecule has 0 radical (unpaired) electrons. The van der Waals surface area contributed by atoms with Crippen molar-refractivity contribution in [2.45, 2.75) is 45.3 Å². The van der Waals surface area contributed by atoms with Gasteiger partial charge >= 0.3 is 0 Å². The van der Waals surface area contributed by atoms with Gasteiger partial charge in [0.05, 0.1) is 6.10 Å². The summed E-state index contributed by atoms with van der Waals surface area (Å²) in [5.74, 6) is 0. The summed E-state index contributed by atoms with van der Waals surface area (Å²) in [5, 5.41) is 10.2. The molecular formula is C13H26N2O. The van der Waals surface area contributed by atoms with E-state index in [0.717, 1.165) is 39.0 Å². The van der Waals surface area contributed by atoms with Crippen LogP contribution in [0.25, 0.3) is 0 Å². The summed E-state index contributed by atoms with van der Waals surface area (Å²) in [6.07, 6.45) is 3.19. The van der Waals surface area contributed by atoms with Gasteiger partial charge in [0.1, 0.15) is 0 Å². The minimum absolute atomic E-state index is 0.101. The van der Waals surface area contributed by atoms with Crippen LogP contribution in [0.1, 0.15) is 33.1 Å². The molecule has 2 atom stereocenters. The number of likely N-dealkylation sites (N-methyl/N-ethyl adjacent to an activating group) is 1. The molecule has 0 amide bonds. The first-order chi connectivity index (χ1) is 7.48. The topological polar surface area (TPSA) is 26.7 Å². The lowest BCUT2D eigenvalue weighted by atomic mass is 9.73. The number of rotatable bonds is 1. The standard InChI is InChI=1S/C13H26N2O/c1-13(2)5-4-12(16)11(10-13)15-8-6-14(3)7-9-15/h11-12,16H,4-10H2,1-3H3. The molecule has 0 aromatic rings. The fourth-order valence-electron chi connectivity index (χ4n) is 3.06. The molecular weight excluding hydrogens is 200 g/mol. The van der Waals surface area contributed by atoms with E-state index in [1.807, 2.05) is 0 Å². The Balaban J connectivity index is 1.96. The second-order valence-corrected chi connectivity index (χ2v) is 6.38. The van der Waals surface area contributed by atoms with E-state index in [2.05, 4.69) is 30.7 Å². The highest BCUT2D eigenvalue weighted by Crippen LogP contribution is 2.37. The molecule has 2 fully saturated rings. The Morgan fingerprint density at radius 1 is 1.12 bits per heavy atom. The Morgan fingerprint density at radius 3 is 2.38 bits per heavy atom. The van der Waals surface area contributed by atoms with Crippen LogP contribution in [0.3, 0.4) is 0 Å². The summed E-state index contributed by atoms with van der Waals surface area (Å²) in [5.41, 5.74) is 0.410. The van der Waals surface area contributed by atoms with Crippen LogP contribution in [0.15, 0.2) is 0 Å². The Kier molecular flexibility index (Phi) is 3.57. The van der Waals surface area contributed by atoms with Gasteiger partial charge in [-0.2, -0.15) is 0 Å². The zero-order chi connectivity index (χ0) is 11.8. The zero-order valence-electron chi connectivity index (χ0n) is 10.9. The van der Waals surface area contributed by atoms with Gasteiger partial charge in [0.2, 0.25) is 0 Å². The van der Waals surface area contributed by atoms with E-state index in [4.69, 9.17) is 0 Å². The number of hydrogen-bond acceptors (Lipinski definition) is 3. The summed E-state index contributed by atoms with van der Waals surface area (Å²) < 4.78 is 0. The number of nitrogens with zero attached hydrogens (tertiary/aromatic N) is 2. The van der Waals surface area contributed by atoms with E-state index in [9.17, 15) is 5.11 Å². The third kappa shape index (κ3) is 2.76. The van der Waals surface area contributed by atoms with Crippen LogP contribution >= 0.6 is 0 Å². The van der Waals surface area contributed by atoms with Crippen molar-refractivity contribution < 1.29 is 5.11 Å². The lowest BCUT2D eigenvalue weighted by Gasteiger charge is -2.46. The van der Waals surface area contributed by atoms with Gasteiger partial charge in [0, 0.05) is 32.2 Å². The first-order valence-corrected chi connectivity index (χ1v) is 6.59. The molecule has 3 nitrogen and oxygen atoms in total. The highest BCUT2D eigenvalue weighted by atomic mass is 16.3. The van der Waals surface area contributed by atoms with Crippen LogP contribution in [-0.2, 0) is 0 Å². The van der Waals surface area contributed by atoms with Crippen molar-refractivity contribution in [3.63, 3.8) is 0 Å². The molecule has 0 bridgehead atoms. The minimum atomic E-state index is -0.101. The van der Waals surface area contributed by atoms with Crippen LogP contribution < -0.4 is 0 Å². The van der Waals surface area contributed by atoms with Gasteiger partial charge in [-0.25, -0.2) is 0 Å². The van der Waals surface area contributed by atoms with Gasteiger partial charge in [-0.15, -0.1) is 0 Å². The normalized spacial score (nSPS) is 37.5. The van der Waals surface area contributed by atoms with E-state index in [1.54, 1.807) is 0 Å². The lowest BCUT2D eigenvalue weighted by molar-refractivity contribution is -0.0313. The van der Waals surface area contributed by atoms with Crippen molar-refractivity contribution in [1.82, 2.24) is 9.80 Å². The Morgan fingerprint density at radius 2 is 1.75 bits per heavy atom. The molecule has 2 rings (SSSR count). The summed E-state index contributed by atoms with van der Waals surface area (Å²) in [6, 6.07) is 0.400. The molecule has 1 N–H and O–H groups in total. The first kappa shape index (κ1) is 12.3. The van der Waals surface area contributed by atoms with Gasteiger partial charge in [0.25, 0.3) is 0 Å². The van der Waals surface area contributed by atoms with Crippen LogP contribution in [0.5, 0.6) is 0 Å². The molecule has 0 aromatic heterocycles. The molecule has 1 aliphatic carbocycles. The second kappa shape index (κ2) is 4.63. The van der Waals surface area contributed by atoms with E-state index < -0.39 is 0 Å². The molecule has 94 valence electrons. The average Bonchev–Trinajstić information content (AvgIpc) is 2.23. The molecule has 3 heteroatoms. The lowest BCUT2D eigenvalue weighted by Crippen LogP contribution is -2.55. The van der Waals surface area contributed by atoms with Crippen molar-refractivity contribution in [1.29, 1.82) is 0 Å². The molecule has 16 heavy (non-hydrogen) atoms. The molecule has 2 unspecified atom stereocenters. The molecule has 1 saturated heterocycles. The van der Waals surface area contributed by atoms with Crippen molar-refractivity contribution in [2.75, 3.05) is 33.2 Å². The highest BCUT2D eigenvalue weighted by molar-refractivity contribution is 4.92. The number of piperazine rings is 1. The van der Waals surface area contributed by atoms with Crippen LogP contribution in [0, 0.1) is 5.41 Å². The van der Waals surface area contributed by atoms with Crippen LogP contribution in [0.2, 0.25) is 0 Å². The van der Waals surface area contributed by atoms with Gasteiger partial charge in [-0.1, -0.05) is 13.8 Å². The quantitative estimate of drug-likeness (QED) is 0.727. The third-order valence-corrected chi connectivity index (χ3v) is 4.33. The largest absolute Gasteiger partial charge is 0.391 e. The predicted molar refractivity (Wildman–Crippen MR) is 66.5 cm³/mol. The molecule has 2 aliphatic rings. The van der Waals surface area contributed by atoms with Crippen molar-refractivity contribution in [3.05, 3.63) is 0 Å². The monoisotopic (exact) mass is 226 g/mol. The summed E-state index contributed by atoms with van der Waals surface area (Å²) >= 11 is 0. The Hall–Kier alpha value is -0.120. The fourth-order valence-corrected chi connectivity index (χ4v) is 3.06. The second-order valence-electron chi connectivity index (χ2n) is 6.38. The molecule has 1 heterocycles. The van der Waals surface area contributed by atoms with E-state index in [0.29, 0.717) is 11.5 Å². The maximum Gasteiger partial charge on any atom is 0.0695 e. The van der Waals surface area contributed by atoms with Crippen molar-refractivity contribution in [2.24, 2.45) is 5.41 Å². The summed E-state index contributed by atoms with van der Waals surface area (Å²) in [6.45, 7) is 9.19. The van der Waals surface area contributed by atoms with Gasteiger partial charge in [-0.05, 0) is 31.7 Å². The molecule has 0 aromatic carbocycles. The van der Waals surface area contributed by atoms with Crippen LogP contribution in [-0.4, -0.2) is 60.3 Å². The smallest absolute Gasteiger partial charge is 0.0695 e. The maximum atomic E-state index is 10.2. The SMILES string of the molecule is CN1CCN(C2CC(C)(C)CCC2O)CC1. The minimum Gasteiger partial charge on any atom is -0.391 e. The predicted octanol–water partition coefficient (Wildman–Crippen LogP) is 1.17. The number of aliphatic hydroxyl groups is 1. The van der Waals surface area contributed by atoms with E-state index >= 15 is 0 Å². The van der Waals surface area contributed by atoms with Gasteiger partial charge in [-0.3, -0.25) is 4.90 Å². The van der Waals surface area contributed by atoms with Gasteiger partial charge in [0.15, 0.2) is 0 Å².